The summed E-state index contributed by atoms with van der Waals surface area (Å²) >= 11 is 0. The van der Waals surface area contributed by atoms with Gasteiger partial charge in [0.1, 0.15) is 6.54 Å². The van der Waals surface area contributed by atoms with Gasteiger partial charge in [-0.15, -0.1) is 0 Å². The van der Waals surface area contributed by atoms with E-state index < -0.39 is 0 Å². The summed E-state index contributed by atoms with van der Waals surface area (Å²) < 4.78 is 0. The van der Waals surface area contributed by atoms with E-state index >= 15 is 0 Å². The first kappa shape index (κ1) is 19.4. The fraction of sp³-hybridized carbons (Fsp3) is 0.600. The highest BCUT2D eigenvalue weighted by atomic mass is 16.2. The molecule has 1 aliphatic rings. The molecule has 2 amide bonds. The minimum absolute atomic E-state index is 0.0228. The van der Waals surface area contributed by atoms with E-state index in [1.165, 1.54) is 6.92 Å². The third-order valence-corrected chi connectivity index (χ3v) is 4.85. The van der Waals surface area contributed by atoms with Crippen molar-refractivity contribution < 1.29 is 9.59 Å². The zero-order valence-electron chi connectivity index (χ0n) is 16.2. The molecule has 2 rings (SSSR count). The Labute approximate surface area is 151 Å². The van der Waals surface area contributed by atoms with Gasteiger partial charge in [-0.2, -0.15) is 0 Å². The van der Waals surface area contributed by atoms with Gasteiger partial charge in [0.15, 0.2) is 0 Å². The highest BCUT2D eigenvalue weighted by Crippen LogP contribution is 2.32. The van der Waals surface area contributed by atoms with Crippen LogP contribution in [0, 0.1) is 0 Å². The zero-order valence-corrected chi connectivity index (χ0v) is 16.2. The van der Waals surface area contributed by atoms with Gasteiger partial charge in [0.25, 0.3) is 0 Å². The summed E-state index contributed by atoms with van der Waals surface area (Å²) in [6.45, 7) is 14.4. The van der Waals surface area contributed by atoms with Gasteiger partial charge in [0, 0.05) is 38.8 Å². The van der Waals surface area contributed by atoms with Crippen LogP contribution >= 0.6 is 0 Å². The summed E-state index contributed by atoms with van der Waals surface area (Å²) in [4.78, 5) is 30.9. The van der Waals surface area contributed by atoms with E-state index in [-0.39, 0.29) is 23.8 Å². The molecule has 0 N–H and O–H groups in total. The molecule has 1 heterocycles. The van der Waals surface area contributed by atoms with Crippen LogP contribution in [0.5, 0.6) is 0 Å². The molecule has 0 bridgehead atoms. The molecule has 25 heavy (non-hydrogen) atoms. The lowest BCUT2D eigenvalue weighted by molar-refractivity contribution is -0.132. The number of rotatable bonds is 4. The fourth-order valence-corrected chi connectivity index (χ4v) is 3.26. The van der Waals surface area contributed by atoms with Gasteiger partial charge in [0.05, 0.1) is 0 Å². The van der Waals surface area contributed by atoms with E-state index in [2.05, 4.69) is 32.6 Å². The van der Waals surface area contributed by atoms with Crippen molar-refractivity contribution in [3.05, 3.63) is 29.8 Å². The summed E-state index contributed by atoms with van der Waals surface area (Å²) in [7, 11) is 0. The molecule has 0 aliphatic carbocycles. The molecule has 0 unspecified atom stereocenters. The van der Waals surface area contributed by atoms with E-state index in [9.17, 15) is 9.59 Å². The minimum Gasteiger partial charge on any atom is -0.339 e. The van der Waals surface area contributed by atoms with E-state index in [4.69, 9.17) is 0 Å². The van der Waals surface area contributed by atoms with Gasteiger partial charge in [-0.3, -0.25) is 9.59 Å². The van der Waals surface area contributed by atoms with E-state index in [0.29, 0.717) is 0 Å². The maximum absolute atomic E-state index is 12.8. The van der Waals surface area contributed by atoms with Crippen LogP contribution in [0.2, 0.25) is 0 Å². The first-order chi connectivity index (χ1) is 11.7. The van der Waals surface area contributed by atoms with Crippen molar-refractivity contribution >= 4 is 17.5 Å². The van der Waals surface area contributed by atoms with E-state index in [0.717, 1.165) is 44.0 Å². The molecule has 1 fully saturated rings. The average Bonchev–Trinajstić information content (AvgIpc) is 2.58. The van der Waals surface area contributed by atoms with Crippen LogP contribution in [0.1, 0.15) is 40.2 Å². The van der Waals surface area contributed by atoms with Crippen molar-refractivity contribution in [1.29, 1.82) is 0 Å². The molecular formula is C20H31N3O2. The van der Waals surface area contributed by atoms with Crippen LogP contribution in [-0.2, 0) is 15.0 Å². The Morgan fingerprint density at radius 2 is 1.68 bits per heavy atom. The number of hydrogen-bond acceptors (Lipinski definition) is 3. The highest BCUT2D eigenvalue weighted by molar-refractivity contribution is 5.98. The number of likely N-dealkylation sites (N-methyl/N-ethyl adjacent to an activating group) is 1. The summed E-state index contributed by atoms with van der Waals surface area (Å²) in [5, 5.41) is 0. The summed E-state index contributed by atoms with van der Waals surface area (Å²) in [6.07, 6.45) is 0. The first-order valence-electron chi connectivity index (χ1n) is 9.11. The Kier molecular flexibility index (Phi) is 6.22. The molecule has 138 valence electrons. The second kappa shape index (κ2) is 8.00. The third kappa shape index (κ3) is 4.82. The number of anilines is 1. The van der Waals surface area contributed by atoms with Crippen molar-refractivity contribution in [2.75, 3.05) is 44.2 Å². The Morgan fingerprint density at radius 3 is 2.20 bits per heavy atom. The van der Waals surface area contributed by atoms with Gasteiger partial charge in [-0.25, -0.2) is 0 Å². The number of carbonyl (C=O) groups excluding carboxylic acids is 2. The molecular weight excluding hydrogens is 314 g/mol. The Bertz CT molecular complexity index is 614. The predicted octanol–water partition coefficient (Wildman–Crippen LogP) is 2.50. The minimum atomic E-state index is -0.0998. The van der Waals surface area contributed by atoms with Crippen molar-refractivity contribution in [2.45, 2.75) is 40.0 Å². The molecule has 0 radical (unpaired) electrons. The number of hydrogen-bond donors (Lipinski definition) is 0. The van der Waals surface area contributed by atoms with Gasteiger partial charge >= 0.3 is 0 Å². The number of amides is 2. The Balaban J connectivity index is 2.18. The molecule has 1 aromatic rings. The normalized spacial score (nSPS) is 16.0. The summed E-state index contributed by atoms with van der Waals surface area (Å²) in [5.74, 6) is -0.0769. The average molecular weight is 345 g/mol. The Morgan fingerprint density at radius 1 is 1.08 bits per heavy atom. The van der Waals surface area contributed by atoms with Crippen molar-refractivity contribution in [3.8, 4) is 0 Å². The quantitative estimate of drug-likeness (QED) is 0.842. The molecule has 1 aliphatic heterocycles. The number of carbonyl (C=O) groups is 2. The number of benzene rings is 1. The molecule has 5 nitrogen and oxygen atoms in total. The predicted molar refractivity (Wildman–Crippen MR) is 102 cm³/mol. The number of para-hydroxylation sites is 1. The van der Waals surface area contributed by atoms with Crippen molar-refractivity contribution in [1.82, 2.24) is 9.80 Å². The van der Waals surface area contributed by atoms with Gasteiger partial charge in [-0.05, 0) is 23.6 Å². The SMILES string of the molecule is CCN1CCN(C(=O)CN(C(C)=O)c2ccccc2C(C)(C)C)CC1. The molecule has 0 atom stereocenters. The lowest BCUT2D eigenvalue weighted by atomic mass is 9.85. The molecule has 5 heteroatoms. The van der Waals surface area contributed by atoms with Gasteiger partial charge in [-0.1, -0.05) is 45.9 Å². The lowest BCUT2D eigenvalue weighted by Gasteiger charge is -2.36. The van der Waals surface area contributed by atoms with Crippen molar-refractivity contribution in [3.63, 3.8) is 0 Å². The van der Waals surface area contributed by atoms with Crippen LogP contribution in [0.25, 0.3) is 0 Å². The maximum atomic E-state index is 12.8. The molecule has 0 aromatic heterocycles. The standard InChI is InChI=1S/C20H31N3O2/c1-6-21-11-13-22(14-12-21)19(25)15-23(16(2)24)18-10-8-7-9-17(18)20(3,4)5/h7-10H,6,11-15H2,1-5H3. The lowest BCUT2D eigenvalue weighted by Crippen LogP contribution is -2.51. The van der Waals surface area contributed by atoms with Crippen molar-refractivity contribution in [2.24, 2.45) is 0 Å². The number of piperazine rings is 1. The monoisotopic (exact) mass is 345 g/mol. The summed E-state index contributed by atoms with van der Waals surface area (Å²) in [6, 6.07) is 7.87. The third-order valence-electron chi connectivity index (χ3n) is 4.85. The second-order valence-corrected chi connectivity index (χ2v) is 7.69. The van der Waals surface area contributed by atoms with Crippen LogP contribution in [-0.4, -0.2) is 60.9 Å². The fourth-order valence-electron chi connectivity index (χ4n) is 3.26. The van der Waals surface area contributed by atoms with E-state index in [1.54, 1.807) is 4.90 Å². The largest absolute Gasteiger partial charge is 0.339 e. The molecule has 1 aromatic carbocycles. The second-order valence-electron chi connectivity index (χ2n) is 7.69. The van der Waals surface area contributed by atoms with Crippen LogP contribution in [0.15, 0.2) is 24.3 Å². The zero-order chi connectivity index (χ0) is 18.6. The van der Waals surface area contributed by atoms with E-state index in [1.807, 2.05) is 29.2 Å². The smallest absolute Gasteiger partial charge is 0.242 e. The maximum Gasteiger partial charge on any atom is 0.242 e. The van der Waals surface area contributed by atoms with Crippen LogP contribution in [0.3, 0.4) is 0 Å². The van der Waals surface area contributed by atoms with Crippen LogP contribution in [0.4, 0.5) is 5.69 Å². The van der Waals surface area contributed by atoms with Crippen LogP contribution < -0.4 is 4.90 Å². The van der Waals surface area contributed by atoms with Gasteiger partial charge < -0.3 is 14.7 Å². The highest BCUT2D eigenvalue weighted by Gasteiger charge is 2.27. The number of nitrogens with zero attached hydrogens (tertiary/aromatic N) is 3. The molecule has 0 spiro atoms. The first-order valence-corrected chi connectivity index (χ1v) is 9.11. The summed E-state index contributed by atoms with van der Waals surface area (Å²) in [5.41, 5.74) is 1.82. The molecule has 0 saturated carbocycles. The molecule has 1 saturated heterocycles. The Hall–Kier alpha value is -1.88. The topological polar surface area (TPSA) is 43.9 Å². The van der Waals surface area contributed by atoms with Gasteiger partial charge in [0.2, 0.25) is 11.8 Å².